The monoisotopic (exact) mass is 473 g/mol. The highest BCUT2D eigenvalue weighted by Gasteiger charge is 2.15. The fourth-order valence-corrected chi connectivity index (χ4v) is 3.39. The molecule has 0 unspecified atom stereocenters. The molecule has 1 heterocycles. The number of carbonyl (C=O) groups excluding carboxylic acids is 1. The molecule has 32 heavy (non-hydrogen) atoms. The number of hydrogen-bond acceptors (Lipinski definition) is 4. The number of nitrogens with one attached hydrogen (secondary N) is 2. The summed E-state index contributed by atoms with van der Waals surface area (Å²) in [6, 6.07) is 14.0. The zero-order valence-electron chi connectivity index (χ0n) is 17.4. The van der Waals surface area contributed by atoms with Crippen LogP contribution in [0.2, 0.25) is 10.0 Å². The van der Waals surface area contributed by atoms with Crippen molar-refractivity contribution in [3.8, 4) is 17.0 Å². The fraction of sp³-hybridized carbons (Fsp3) is 0.174. The first-order valence-corrected chi connectivity index (χ1v) is 10.4. The van der Waals surface area contributed by atoms with Gasteiger partial charge in [-0.1, -0.05) is 40.9 Å². The number of pyridine rings is 1. The number of carbonyl (C=O) groups is 2. The third-order valence-electron chi connectivity index (χ3n) is 4.63. The van der Waals surface area contributed by atoms with Gasteiger partial charge in [0.1, 0.15) is 11.4 Å². The van der Waals surface area contributed by atoms with E-state index in [9.17, 15) is 9.59 Å². The molecule has 1 aromatic heterocycles. The van der Waals surface area contributed by atoms with Gasteiger partial charge in [0.05, 0.1) is 22.8 Å². The maximum atomic E-state index is 12.9. The van der Waals surface area contributed by atoms with Crippen molar-refractivity contribution in [2.75, 3.05) is 7.11 Å². The summed E-state index contributed by atoms with van der Waals surface area (Å²) in [5, 5.41) is 14.9. The van der Waals surface area contributed by atoms with Gasteiger partial charge >= 0.3 is 6.09 Å². The third-order valence-corrected chi connectivity index (χ3v) is 5.37. The van der Waals surface area contributed by atoms with Crippen molar-refractivity contribution in [2.24, 2.45) is 0 Å². The van der Waals surface area contributed by atoms with Crippen molar-refractivity contribution in [2.45, 2.75) is 20.0 Å². The van der Waals surface area contributed by atoms with E-state index in [1.54, 1.807) is 37.4 Å². The van der Waals surface area contributed by atoms with Crippen LogP contribution in [0.25, 0.3) is 11.3 Å². The zero-order chi connectivity index (χ0) is 23.3. The Morgan fingerprint density at radius 1 is 0.969 bits per heavy atom. The van der Waals surface area contributed by atoms with Crippen LogP contribution < -0.4 is 15.4 Å². The van der Waals surface area contributed by atoms with Crippen molar-refractivity contribution >= 4 is 35.2 Å². The third kappa shape index (κ3) is 5.90. The molecule has 3 N–H and O–H groups in total. The molecule has 0 fully saturated rings. The van der Waals surface area contributed by atoms with Crippen molar-refractivity contribution in [3.05, 3.63) is 81.0 Å². The number of nitrogens with zero attached hydrogens (tertiary/aromatic N) is 1. The summed E-state index contributed by atoms with van der Waals surface area (Å²) < 4.78 is 5.45. The van der Waals surface area contributed by atoms with Crippen molar-refractivity contribution < 1.29 is 19.4 Å². The largest absolute Gasteiger partial charge is 0.496 e. The number of halogens is 2. The molecule has 3 rings (SSSR count). The molecular formula is C23H21Cl2N3O4. The second-order valence-electron chi connectivity index (χ2n) is 7.04. The Morgan fingerprint density at radius 2 is 1.72 bits per heavy atom. The number of ether oxygens (including phenoxy) is 1. The lowest BCUT2D eigenvalue weighted by Crippen LogP contribution is -2.25. The van der Waals surface area contributed by atoms with Crippen molar-refractivity contribution in [1.29, 1.82) is 0 Å². The molecule has 0 spiro atoms. The normalized spacial score (nSPS) is 10.5. The molecule has 0 aliphatic rings. The molecule has 0 aliphatic heterocycles. The number of hydrogen-bond donors (Lipinski definition) is 3. The van der Waals surface area contributed by atoms with Crippen LogP contribution in [0.4, 0.5) is 4.79 Å². The molecule has 9 heteroatoms. The molecule has 0 saturated heterocycles. The van der Waals surface area contributed by atoms with Gasteiger partial charge in [0.25, 0.3) is 5.91 Å². The molecular weight excluding hydrogens is 453 g/mol. The number of aromatic nitrogens is 1. The maximum Gasteiger partial charge on any atom is 0.404 e. The van der Waals surface area contributed by atoms with Crippen molar-refractivity contribution in [1.82, 2.24) is 15.6 Å². The predicted octanol–water partition coefficient (Wildman–Crippen LogP) is 5.07. The highest BCUT2D eigenvalue weighted by molar-refractivity contribution is 6.42. The predicted molar refractivity (Wildman–Crippen MR) is 123 cm³/mol. The number of rotatable bonds is 7. The molecule has 0 bridgehead atoms. The SMILES string of the molecule is COc1ccc(C)cc1-c1cc(CNC(=O)O)cc(C(=O)NCc2ccc(Cl)c(Cl)c2)n1. The Bertz CT molecular complexity index is 1170. The molecule has 2 aromatic carbocycles. The smallest absolute Gasteiger partial charge is 0.404 e. The lowest BCUT2D eigenvalue weighted by atomic mass is 10.0. The second-order valence-corrected chi connectivity index (χ2v) is 7.85. The Balaban J connectivity index is 1.93. The minimum atomic E-state index is -1.16. The number of benzene rings is 2. The molecule has 3 aromatic rings. The molecule has 2 amide bonds. The average Bonchev–Trinajstić information content (AvgIpc) is 2.78. The first-order chi connectivity index (χ1) is 15.3. The van der Waals surface area contributed by atoms with Crippen LogP contribution in [0.3, 0.4) is 0 Å². The Morgan fingerprint density at radius 3 is 2.41 bits per heavy atom. The minimum Gasteiger partial charge on any atom is -0.496 e. The van der Waals surface area contributed by atoms with E-state index in [0.717, 1.165) is 11.1 Å². The summed E-state index contributed by atoms with van der Waals surface area (Å²) in [7, 11) is 1.55. The van der Waals surface area contributed by atoms with E-state index in [2.05, 4.69) is 15.6 Å². The van der Waals surface area contributed by atoms with Crippen LogP contribution in [0.15, 0.2) is 48.5 Å². The van der Waals surface area contributed by atoms with Crippen LogP contribution in [0.5, 0.6) is 5.75 Å². The lowest BCUT2D eigenvalue weighted by molar-refractivity contribution is 0.0946. The van der Waals surface area contributed by atoms with E-state index in [1.165, 1.54) is 0 Å². The van der Waals surface area contributed by atoms with Crippen molar-refractivity contribution in [3.63, 3.8) is 0 Å². The van der Waals surface area contributed by atoms with E-state index < -0.39 is 12.0 Å². The van der Waals surface area contributed by atoms with E-state index in [4.69, 9.17) is 33.0 Å². The highest BCUT2D eigenvalue weighted by Crippen LogP contribution is 2.30. The van der Waals surface area contributed by atoms with Gasteiger partial charge in [-0.3, -0.25) is 4.79 Å². The molecule has 166 valence electrons. The first kappa shape index (κ1) is 23.4. The summed E-state index contributed by atoms with van der Waals surface area (Å²) >= 11 is 12.0. The van der Waals surface area contributed by atoms with Crippen LogP contribution in [-0.2, 0) is 13.1 Å². The molecule has 0 radical (unpaired) electrons. The minimum absolute atomic E-state index is 0.0199. The lowest BCUT2D eigenvalue weighted by Gasteiger charge is -2.13. The number of aryl methyl sites for hydroxylation is 1. The number of carboxylic acid groups (broad SMARTS) is 1. The van der Waals surface area contributed by atoms with E-state index >= 15 is 0 Å². The summed E-state index contributed by atoms with van der Waals surface area (Å²) in [6.07, 6.45) is -1.16. The van der Waals surface area contributed by atoms with Gasteiger partial charge in [-0.05, 0) is 54.4 Å². The standard InChI is InChI=1S/C23H21Cl2N3O4/c1-13-3-6-21(32-2)16(7-13)19-9-15(12-27-23(30)31)10-20(28-19)22(29)26-11-14-4-5-17(24)18(25)8-14/h3-10,27H,11-12H2,1-2H3,(H,26,29)(H,30,31). The molecule has 0 saturated carbocycles. The van der Waals surface area contributed by atoms with Crippen LogP contribution in [0.1, 0.15) is 27.2 Å². The van der Waals surface area contributed by atoms with E-state index in [-0.39, 0.29) is 18.8 Å². The topological polar surface area (TPSA) is 101 Å². The van der Waals surface area contributed by atoms with Crippen LogP contribution in [-0.4, -0.2) is 29.2 Å². The molecule has 0 aliphatic carbocycles. The van der Waals surface area contributed by atoms with Gasteiger partial charge in [0.2, 0.25) is 0 Å². The summed E-state index contributed by atoms with van der Waals surface area (Å²) in [5.74, 6) is 0.176. The van der Waals surface area contributed by atoms with Crippen LogP contribution in [0, 0.1) is 6.92 Å². The average molecular weight is 474 g/mol. The fourth-order valence-electron chi connectivity index (χ4n) is 3.07. The summed E-state index contributed by atoms with van der Waals surface area (Å²) in [6.45, 7) is 2.17. The molecule has 7 nitrogen and oxygen atoms in total. The highest BCUT2D eigenvalue weighted by atomic mass is 35.5. The van der Waals surface area contributed by atoms with E-state index in [1.807, 2.05) is 25.1 Å². The number of amides is 2. The Kier molecular flexibility index (Phi) is 7.56. The van der Waals surface area contributed by atoms with E-state index in [0.29, 0.717) is 32.6 Å². The Hall–Kier alpha value is -3.29. The van der Waals surface area contributed by atoms with Gasteiger partial charge in [-0.2, -0.15) is 0 Å². The van der Waals surface area contributed by atoms with Gasteiger partial charge in [0.15, 0.2) is 0 Å². The summed E-state index contributed by atoms with van der Waals surface area (Å²) in [4.78, 5) is 28.3. The first-order valence-electron chi connectivity index (χ1n) is 9.61. The summed E-state index contributed by atoms with van der Waals surface area (Å²) in [5.41, 5.74) is 3.69. The quantitative estimate of drug-likeness (QED) is 0.444. The van der Waals surface area contributed by atoms with Gasteiger partial charge in [0, 0.05) is 18.7 Å². The van der Waals surface area contributed by atoms with Crippen LogP contribution >= 0.6 is 23.2 Å². The van der Waals surface area contributed by atoms with Gasteiger partial charge in [-0.25, -0.2) is 9.78 Å². The van der Waals surface area contributed by atoms with Gasteiger partial charge in [-0.15, -0.1) is 0 Å². The number of methoxy groups -OCH3 is 1. The second kappa shape index (κ2) is 10.3. The Labute approximate surface area is 195 Å². The maximum absolute atomic E-state index is 12.9. The molecule has 0 atom stereocenters. The van der Waals surface area contributed by atoms with Gasteiger partial charge < -0.3 is 20.5 Å². The zero-order valence-corrected chi connectivity index (χ0v) is 18.9.